The molecule has 2 aromatic heterocycles. The molecule has 4 nitrogen and oxygen atoms in total. The average molecular weight is 275 g/mol. The Balaban J connectivity index is 1.99. The molecule has 0 bridgehead atoms. The summed E-state index contributed by atoms with van der Waals surface area (Å²) in [4.78, 5) is 8.15. The Kier molecular flexibility index (Phi) is 3.10. The van der Waals surface area contributed by atoms with Crippen molar-refractivity contribution in [1.29, 1.82) is 0 Å². The lowest BCUT2D eigenvalue weighted by Gasteiger charge is -2.07. The molecular formula is C13H10FN3OS. The van der Waals surface area contributed by atoms with Crippen LogP contribution in [0.25, 0.3) is 10.2 Å². The highest BCUT2D eigenvalue weighted by molar-refractivity contribution is 7.17. The van der Waals surface area contributed by atoms with Crippen molar-refractivity contribution in [2.75, 3.05) is 0 Å². The highest BCUT2D eigenvalue weighted by Gasteiger charge is 2.10. The zero-order valence-electron chi connectivity index (χ0n) is 9.84. The van der Waals surface area contributed by atoms with Gasteiger partial charge in [-0.1, -0.05) is 6.07 Å². The number of aromatic nitrogens is 2. The maximum atomic E-state index is 13.8. The number of thiophene rings is 1. The molecule has 2 N–H and O–H groups in total. The molecule has 3 aromatic rings. The second-order valence-corrected chi connectivity index (χ2v) is 4.80. The third kappa shape index (κ3) is 2.27. The van der Waals surface area contributed by atoms with Gasteiger partial charge in [0.15, 0.2) is 11.6 Å². The molecule has 0 unspecified atom stereocenters. The van der Waals surface area contributed by atoms with Crippen molar-refractivity contribution in [1.82, 2.24) is 9.97 Å². The second-order valence-electron chi connectivity index (χ2n) is 3.88. The molecule has 0 spiro atoms. The van der Waals surface area contributed by atoms with Gasteiger partial charge in [-0.25, -0.2) is 14.4 Å². The zero-order valence-corrected chi connectivity index (χ0v) is 10.7. The highest BCUT2D eigenvalue weighted by Crippen LogP contribution is 2.31. The predicted molar refractivity (Wildman–Crippen MR) is 71.8 cm³/mol. The van der Waals surface area contributed by atoms with Crippen molar-refractivity contribution >= 4 is 21.6 Å². The minimum absolute atomic E-state index is 0.130. The summed E-state index contributed by atoms with van der Waals surface area (Å²) >= 11 is 1.45. The van der Waals surface area contributed by atoms with E-state index in [2.05, 4.69) is 9.97 Å². The fourth-order valence-electron chi connectivity index (χ4n) is 1.70. The van der Waals surface area contributed by atoms with E-state index < -0.39 is 5.82 Å². The Morgan fingerprint density at radius 2 is 2.16 bits per heavy atom. The number of hydrogen-bond donors (Lipinski definition) is 1. The molecule has 0 amide bonds. The molecule has 3 rings (SSSR count). The summed E-state index contributed by atoms with van der Waals surface area (Å²) < 4.78 is 20.1. The van der Waals surface area contributed by atoms with Crippen molar-refractivity contribution in [2.24, 2.45) is 5.73 Å². The van der Waals surface area contributed by atoms with Gasteiger partial charge < -0.3 is 10.5 Å². The first-order valence-corrected chi connectivity index (χ1v) is 6.50. The van der Waals surface area contributed by atoms with Crippen molar-refractivity contribution in [2.45, 2.75) is 6.54 Å². The molecular weight excluding hydrogens is 265 g/mol. The van der Waals surface area contributed by atoms with Gasteiger partial charge in [0.05, 0.1) is 5.52 Å². The van der Waals surface area contributed by atoms with Crippen LogP contribution in [0.2, 0.25) is 0 Å². The molecule has 19 heavy (non-hydrogen) atoms. The molecule has 0 radical (unpaired) electrons. The van der Waals surface area contributed by atoms with Crippen LogP contribution < -0.4 is 10.5 Å². The van der Waals surface area contributed by atoms with Crippen LogP contribution in [0.1, 0.15) is 5.56 Å². The van der Waals surface area contributed by atoms with Gasteiger partial charge in [-0.3, -0.25) is 0 Å². The van der Waals surface area contributed by atoms with Crippen LogP contribution in [-0.4, -0.2) is 9.97 Å². The lowest BCUT2D eigenvalue weighted by Crippen LogP contribution is -1.98. The number of nitrogens with zero attached hydrogens (tertiary/aromatic N) is 2. The van der Waals surface area contributed by atoms with Crippen LogP contribution in [-0.2, 0) is 6.54 Å². The molecule has 0 aliphatic heterocycles. The molecule has 1 aromatic carbocycles. The minimum atomic E-state index is -0.453. The number of nitrogens with two attached hydrogens (primary N) is 1. The standard InChI is InChI=1S/C13H10FN3OS/c14-9-5-8(6-15)1-2-11(9)18-13-12-10(3-4-19-12)16-7-17-13/h1-5,7H,6,15H2. The number of halogens is 1. The first-order chi connectivity index (χ1) is 9.28. The zero-order chi connectivity index (χ0) is 13.2. The van der Waals surface area contributed by atoms with Crippen molar-refractivity contribution in [3.63, 3.8) is 0 Å². The van der Waals surface area contributed by atoms with E-state index in [4.69, 9.17) is 10.5 Å². The van der Waals surface area contributed by atoms with Crippen molar-refractivity contribution in [3.05, 3.63) is 47.4 Å². The van der Waals surface area contributed by atoms with E-state index in [-0.39, 0.29) is 5.75 Å². The quantitative estimate of drug-likeness (QED) is 0.798. The molecule has 0 atom stereocenters. The average Bonchev–Trinajstić information content (AvgIpc) is 2.90. The molecule has 6 heteroatoms. The third-order valence-corrected chi connectivity index (χ3v) is 3.54. The van der Waals surface area contributed by atoms with Crippen LogP contribution in [0.15, 0.2) is 36.0 Å². The van der Waals surface area contributed by atoms with Gasteiger partial charge >= 0.3 is 0 Å². The number of ether oxygens (including phenoxy) is 1. The first kappa shape index (κ1) is 12.0. The molecule has 0 fully saturated rings. The summed E-state index contributed by atoms with van der Waals surface area (Å²) in [7, 11) is 0. The van der Waals surface area contributed by atoms with E-state index in [0.29, 0.717) is 18.0 Å². The van der Waals surface area contributed by atoms with Crippen LogP contribution in [0, 0.1) is 5.82 Å². The lowest BCUT2D eigenvalue weighted by molar-refractivity contribution is 0.431. The fraction of sp³-hybridized carbons (Fsp3) is 0.0769. The largest absolute Gasteiger partial charge is 0.434 e. The summed E-state index contributed by atoms with van der Waals surface area (Å²) in [5.74, 6) is 0.0382. The Labute approximate surface area is 112 Å². The summed E-state index contributed by atoms with van der Waals surface area (Å²) in [6.45, 7) is 0.292. The first-order valence-electron chi connectivity index (χ1n) is 5.62. The van der Waals surface area contributed by atoms with Crippen LogP contribution in [0.5, 0.6) is 11.6 Å². The topological polar surface area (TPSA) is 61.0 Å². The summed E-state index contributed by atoms with van der Waals surface area (Å²) in [6.07, 6.45) is 1.40. The van der Waals surface area contributed by atoms with Gasteiger partial charge in [-0.15, -0.1) is 11.3 Å². The van der Waals surface area contributed by atoms with E-state index in [0.717, 1.165) is 10.2 Å². The van der Waals surface area contributed by atoms with Gasteiger partial charge in [0.2, 0.25) is 5.88 Å². The minimum Gasteiger partial charge on any atom is -0.434 e. The molecule has 0 saturated heterocycles. The maximum Gasteiger partial charge on any atom is 0.240 e. The number of rotatable bonds is 3. The maximum absolute atomic E-state index is 13.8. The fourth-order valence-corrected chi connectivity index (χ4v) is 2.47. The molecule has 0 aliphatic carbocycles. The smallest absolute Gasteiger partial charge is 0.240 e. The molecule has 96 valence electrons. The SMILES string of the molecule is NCc1ccc(Oc2ncnc3ccsc23)c(F)c1. The van der Waals surface area contributed by atoms with Gasteiger partial charge in [0.1, 0.15) is 11.0 Å². The Bertz CT molecular complexity index is 729. The molecule has 2 heterocycles. The summed E-state index contributed by atoms with van der Waals surface area (Å²) in [6, 6.07) is 6.51. The van der Waals surface area contributed by atoms with Gasteiger partial charge in [0.25, 0.3) is 0 Å². The van der Waals surface area contributed by atoms with Crippen LogP contribution in [0.4, 0.5) is 4.39 Å². The van der Waals surface area contributed by atoms with E-state index in [1.807, 2.05) is 11.4 Å². The molecule has 0 aliphatic rings. The van der Waals surface area contributed by atoms with Crippen LogP contribution >= 0.6 is 11.3 Å². The van der Waals surface area contributed by atoms with Gasteiger partial charge in [0, 0.05) is 6.54 Å². The number of fused-ring (bicyclic) bond motifs is 1. The lowest BCUT2D eigenvalue weighted by atomic mass is 10.2. The second kappa shape index (κ2) is 4.91. The molecule has 0 saturated carbocycles. The number of benzene rings is 1. The van der Waals surface area contributed by atoms with Gasteiger partial charge in [-0.05, 0) is 29.1 Å². The predicted octanol–water partition coefficient (Wildman–Crippen LogP) is 3.08. The van der Waals surface area contributed by atoms with E-state index in [1.54, 1.807) is 12.1 Å². The van der Waals surface area contributed by atoms with E-state index in [1.165, 1.54) is 23.7 Å². The van der Waals surface area contributed by atoms with E-state index >= 15 is 0 Å². The van der Waals surface area contributed by atoms with Gasteiger partial charge in [-0.2, -0.15) is 0 Å². The third-order valence-electron chi connectivity index (χ3n) is 2.65. The van der Waals surface area contributed by atoms with Crippen molar-refractivity contribution in [3.8, 4) is 11.6 Å². The van der Waals surface area contributed by atoms with Crippen LogP contribution in [0.3, 0.4) is 0 Å². The van der Waals surface area contributed by atoms with E-state index in [9.17, 15) is 4.39 Å². The Hall–Kier alpha value is -2.05. The monoisotopic (exact) mass is 275 g/mol. The Morgan fingerprint density at radius 3 is 2.95 bits per heavy atom. The number of hydrogen-bond acceptors (Lipinski definition) is 5. The summed E-state index contributed by atoms with van der Waals surface area (Å²) in [5.41, 5.74) is 6.96. The normalized spacial score (nSPS) is 10.8. The highest BCUT2D eigenvalue weighted by atomic mass is 32.1. The Morgan fingerprint density at radius 1 is 1.26 bits per heavy atom. The summed E-state index contributed by atoms with van der Waals surface area (Å²) in [5, 5.41) is 1.89. The van der Waals surface area contributed by atoms with Crippen molar-refractivity contribution < 1.29 is 9.13 Å².